The van der Waals surface area contributed by atoms with Gasteiger partial charge in [0.1, 0.15) is 0 Å². The van der Waals surface area contributed by atoms with E-state index in [-0.39, 0.29) is 0 Å². The second-order valence-electron chi connectivity index (χ2n) is 1.86. The Hall–Kier alpha value is -1.32. The van der Waals surface area contributed by atoms with Crippen LogP contribution in [0.2, 0.25) is 0 Å². The van der Waals surface area contributed by atoms with Gasteiger partial charge in [0.15, 0.2) is 5.92 Å². The Morgan fingerprint density at radius 1 is 1.55 bits per heavy atom. The maximum absolute atomic E-state index is 10.7. The molecule has 0 radical (unpaired) electrons. The highest BCUT2D eigenvalue weighted by Crippen LogP contribution is 2.01. The summed E-state index contributed by atoms with van der Waals surface area (Å²) in [7, 11) is 1.15. The average Bonchev–Trinajstić information content (AvgIpc) is 1.98. The summed E-state index contributed by atoms with van der Waals surface area (Å²) in [5, 5.41) is 8.45. The number of carboxylic acid groups (broad SMARTS) is 1. The van der Waals surface area contributed by atoms with E-state index in [0.29, 0.717) is 0 Å². The summed E-state index contributed by atoms with van der Waals surface area (Å²) < 4.78 is 4.26. The smallest absolute Gasteiger partial charge is 0.323 e. The zero-order valence-electron chi connectivity index (χ0n) is 6.40. The van der Waals surface area contributed by atoms with Gasteiger partial charge in [-0.25, -0.2) is 0 Å². The Balaban J connectivity index is 4.34. The summed E-state index contributed by atoms with van der Waals surface area (Å²) in [5.74, 6) is -3.13. The lowest BCUT2D eigenvalue weighted by Crippen LogP contribution is -2.22. The summed E-state index contributed by atoms with van der Waals surface area (Å²) >= 11 is 0. The number of rotatable bonds is 3. The highest BCUT2D eigenvalue weighted by molar-refractivity contribution is 5.95. The molecule has 0 heterocycles. The third-order valence-corrected chi connectivity index (χ3v) is 1.11. The monoisotopic (exact) mass is 158 g/mol. The number of carboxylic acids is 1. The lowest BCUT2D eigenvalue weighted by atomic mass is 10.1. The van der Waals surface area contributed by atoms with Crippen molar-refractivity contribution >= 4 is 11.9 Å². The van der Waals surface area contributed by atoms with Gasteiger partial charge in [-0.3, -0.25) is 9.59 Å². The van der Waals surface area contributed by atoms with Crippen LogP contribution in [0.1, 0.15) is 6.92 Å². The van der Waals surface area contributed by atoms with Crippen LogP contribution in [0.3, 0.4) is 0 Å². The lowest BCUT2D eigenvalue weighted by Gasteiger charge is -2.02. The van der Waals surface area contributed by atoms with E-state index in [2.05, 4.69) is 4.74 Å². The molecular formula is C7H10O4. The Bertz CT molecular complexity index is 183. The van der Waals surface area contributed by atoms with Crippen LogP contribution in [0.15, 0.2) is 12.2 Å². The van der Waals surface area contributed by atoms with E-state index >= 15 is 0 Å². The van der Waals surface area contributed by atoms with E-state index in [4.69, 9.17) is 5.11 Å². The number of carbonyl (C=O) groups excluding carboxylic acids is 1. The first kappa shape index (κ1) is 9.68. The molecule has 0 saturated carbocycles. The zero-order valence-corrected chi connectivity index (χ0v) is 6.40. The number of esters is 1. The van der Waals surface area contributed by atoms with Crippen LogP contribution in [0.5, 0.6) is 0 Å². The highest BCUT2D eigenvalue weighted by Gasteiger charge is 2.23. The number of hydrogen-bond donors (Lipinski definition) is 1. The molecule has 4 nitrogen and oxygen atoms in total. The van der Waals surface area contributed by atoms with Crippen molar-refractivity contribution in [1.29, 1.82) is 0 Å². The van der Waals surface area contributed by atoms with Crippen LogP contribution < -0.4 is 0 Å². The fraction of sp³-hybridized carbons (Fsp3) is 0.429. The van der Waals surface area contributed by atoms with Crippen molar-refractivity contribution in [3.8, 4) is 0 Å². The molecule has 1 atom stereocenters. The van der Waals surface area contributed by atoms with Crippen molar-refractivity contribution in [2.75, 3.05) is 7.11 Å². The van der Waals surface area contributed by atoms with E-state index in [1.165, 1.54) is 12.2 Å². The van der Waals surface area contributed by atoms with Crippen molar-refractivity contribution in [1.82, 2.24) is 0 Å². The summed E-state index contributed by atoms with van der Waals surface area (Å²) in [6.07, 6.45) is 2.77. The number of allylic oxidation sites excluding steroid dienone is 1. The molecule has 1 unspecified atom stereocenters. The van der Waals surface area contributed by atoms with E-state index < -0.39 is 17.9 Å². The maximum Gasteiger partial charge on any atom is 0.323 e. The van der Waals surface area contributed by atoms with Gasteiger partial charge in [0, 0.05) is 0 Å². The Morgan fingerprint density at radius 3 is 2.36 bits per heavy atom. The molecule has 11 heavy (non-hydrogen) atoms. The number of ether oxygens (including phenoxy) is 1. The maximum atomic E-state index is 10.7. The van der Waals surface area contributed by atoms with E-state index in [1.54, 1.807) is 6.92 Å². The van der Waals surface area contributed by atoms with Gasteiger partial charge in [0.05, 0.1) is 7.11 Å². The minimum absolute atomic E-state index is 0.754. The van der Waals surface area contributed by atoms with Crippen LogP contribution >= 0.6 is 0 Å². The second-order valence-corrected chi connectivity index (χ2v) is 1.86. The number of hydrogen-bond acceptors (Lipinski definition) is 3. The van der Waals surface area contributed by atoms with Crippen molar-refractivity contribution in [3.05, 3.63) is 12.2 Å². The van der Waals surface area contributed by atoms with Crippen molar-refractivity contribution < 1.29 is 19.4 Å². The molecular weight excluding hydrogens is 148 g/mol. The molecule has 0 amide bonds. The van der Waals surface area contributed by atoms with Crippen molar-refractivity contribution in [2.24, 2.45) is 5.92 Å². The molecule has 0 saturated heterocycles. The van der Waals surface area contributed by atoms with Gasteiger partial charge in [-0.05, 0) is 6.92 Å². The molecule has 0 aliphatic carbocycles. The first-order valence-electron chi connectivity index (χ1n) is 3.07. The van der Waals surface area contributed by atoms with Crippen molar-refractivity contribution in [3.63, 3.8) is 0 Å². The van der Waals surface area contributed by atoms with Crippen LogP contribution in [-0.2, 0) is 14.3 Å². The van der Waals surface area contributed by atoms with Crippen LogP contribution in [0.4, 0.5) is 0 Å². The van der Waals surface area contributed by atoms with Gasteiger partial charge >= 0.3 is 11.9 Å². The molecule has 0 bridgehead atoms. The Kier molecular flexibility index (Phi) is 3.95. The molecule has 4 heteroatoms. The first-order valence-corrected chi connectivity index (χ1v) is 3.07. The standard InChI is InChI=1S/C7H10O4/c1-3-4-5(6(8)9)7(10)11-2/h3-5H,1-2H3,(H,8,9). The van der Waals surface area contributed by atoms with Crippen LogP contribution in [-0.4, -0.2) is 24.2 Å². The first-order chi connectivity index (χ1) is 5.13. The Labute approximate surface area is 64.5 Å². The van der Waals surface area contributed by atoms with Crippen LogP contribution in [0, 0.1) is 5.92 Å². The van der Waals surface area contributed by atoms with Gasteiger partial charge in [-0.1, -0.05) is 12.2 Å². The highest BCUT2D eigenvalue weighted by atomic mass is 16.5. The van der Waals surface area contributed by atoms with Crippen molar-refractivity contribution in [2.45, 2.75) is 6.92 Å². The minimum Gasteiger partial charge on any atom is -0.480 e. The molecule has 0 spiro atoms. The third kappa shape index (κ3) is 2.84. The quantitative estimate of drug-likeness (QED) is 0.367. The van der Waals surface area contributed by atoms with E-state index in [0.717, 1.165) is 7.11 Å². The fourth-order valence-electron chi connectivity index (χ4n) is 0.581. The van der Waals surface area contributed by atoms with E-state index in [1.807, 2.05) is 0 Å². The molecule has 0 aromatic heterocycles. The average molecular weight is 158 g/mol. The number of carbonyl (C=O) groups is 2. The normalized spacial score (nSPS) is 12.9. The third-order valence-electron chi connectivity index (χ3n) is 1.11. The molecule has 0 aromatic carbocycles. The summed E-state index contributed by atoms with van der Waals surface area (Å²) in [6, 6.07) is 0. The molecule has 0 rings (SSSR count). The molecule has 0 aromatic rings. The topological polar surface area (TPSA) is 63.6 Å². The van der Waals surface area contributed by atoms with Crippen LogP contribution in [0.25, 0.3) is 0 Å². The molecule has 0 aliphatic rings. The van der Waals surface area contributed by atoms with Gasteiger partial charge in [0.2, 0.25) is 0 Å². The number of aliphatic carboxylic acids is 1. The number of methoxy groups -OCH3 is 1. The van der Waals surface area contributed by atoms with Gasteiger partial charge in [-0.15, -0.1) is 0 Å². The fourth-order valence-corrected chi connectivity index (χ4v) is 0.581. The zero-order chi connectivity index (χ0) is 8.85. The lowest BCUT2D eigenvalue weighted by molar-refractivity contribution is -0.154. The minimum atomic E-state index is -1.20. The van der Waals surface area contributed by atoms with Gasteiger partial charge in [-0.2, -0.15) is 0 Å². The molecule has 0 fully saturated rings. The Morgan fingerprint density at radius 2 is 2.09 bits per heavy atom. The largest absolute Gasteiger partial charge is 0.480 e. The van der Waals surface area contributed by atoms with Gasteiger partial charge < -0.3 is 9.84 Å². The predicted molar refractivity (Wildman–Crippen MR) is 38.0 cm³/mol. The molecule has 0 aliphatic heterocycles. The predicted octanol–water partition coefficient (Wildman–Crippen LogP) is 0.436. The molecule has 62 valence electrons. The summed E-state index contributed by atoms with van der Waals surface area (Å²) in [5.41, 5.74) is 0. The summed E-state index contributed by atoms with van der Waals surface area (Å²) in [6.45, 7) is 1.64. The molecule has 1 N–H and O–H groups in total. The van der Waals surface area contributed by atoms with Gasteiger partial charge in [0.25, 0.3) is 0 Å². The summed E-state index contributed by atoms with van der Waals surface area (Å²) in [4.78, 5) is 21.0. The van der Waals surface area contributed by atoms with E-state index in [9.17, 15) is 9.59 Å². The second kappa shape index (κ2) is 4.49. The SMILES string of the molecule is CC=CC(C(=O)O)C(=O)OC.